The maximum Gasteiger partial charge on any atom is 0.225 e. The van der Waals surface area contributed by atoms with Gasteiger partial charge in [-0.3, -0.25) is 9.59 Å². The van der Waals surface area contributed by atoms with Crippen molar-refractivity contribution in [1.29, 1.82) is 0 Å². The van der Waals surface area contributed by atoms with E-state index in [4.69, 9.17) is 23.2 Å². The van der Waals surface area contributed by atoms with E-state index in [-0.39, 0.29) is 24.2 Å². The van der Waals surface area contributed by atoms with Gasteiger partial charge in [-0.1, -0.05) is 29.3 Å². The van der Waals surface area contributed by atoms with Crippen LogP contribution in [-0.2, 0) is 16.1 Å². The number of hydrogen-bond acceptors (Lipinski definition) is 2. The van der Waals surface area contributed by atoms with Crippen LogP contribution < -0.4 is 5.32 Å². The van der Waals surface area contributed by atoms with Crippen LogP contribution in [0.15, 0.2) is 18.2 Å². The molecule has 0 radical (unpaired) electrons. The van der Waals surface area contributed by atoms with Gasteiger partial charge in [0, 0.05) is 36.6 Å². The monoisotopic (exact) mass is 300 g/mol. The predicted octanol–water partition coefficient (Wildman–Crippen LogP) is 2.09. The van der Waals surface area contributed by atoms with Crippen LogP contribution in [0.4, 0.5) is 0 Å². The molecule has 1 aliphatic heterocycles. The number of nitrogens with zero attached hydrogens (tertiary/aromatic N) is 1. The van der Waals surface area contributed by atoms with Gasteiger partial charge in [-0.25, -0.2) is 0 Å². The van der Waals surface area contributed by atoms with Crippen molar-refractivity contribution in [2.24, 2.45) is 5.92 Å². The number of likely N-dealkylation sites (tertiary alicyclic amines) is 1. The minimum Gasteiger partial charge on any atom is -0.352 e. The summed E-state index contributed by atoms with van der Waals surface area (Å²) in [5.74, 6) is -0.392. The zero-order valence-electron chi connectivity index (χ0n) is 10.5. The lowest BCUT2D eigenvalue weighted by molar-refractivity contribution is -0.128. The number of halogens is 2. The molecule has 4 nitrogen and oxygen atoms in total. The van der Waals surface area contributed by atoms with Crippen molar-refractivity contribution in [2.45, 2.75) is 13.0 Å². The third-order valence-corrected chi connectivity index (χ3v) is 3.77. The quantitative estimate of drug-likeness (QED) is 0.929. The lowest BCUT2D eigenvalue weighted by atomic mass is 10.1. The molecule has 1 unspecified atom stereocenters. The molecule has 0 saturated carbocycles. The van der Waals surface area contributed by atoms with Gasteiger partial charge < -0.3 is 10.2 Å². The number of amides is 2. The Kier molecular flexibility index (Phi) is 4.32. The smallest absolute Gasteiger partial charge is 0.225 e. The number of carbonyl (C=O) groups excluding carboxylic acids is 2. The number of carbonyl (C=O) groups is 2. The van der Waals surface area contributed by atoms with Crippen molar-refractivity contribution < 1.29 is 9.59 Å². The van der Waals surface area contributed by atoms with E-state index in [9.17, 15) is 9.59 Å². The molecule has 0 bridgehead atoms. The highest BCUT2D eigenvalue weighted by molar-refractivity contribution is 6.35. The maximum atomic E-state index is 11.9. The Morgan fingerprint density at radius 2 is 2.21 bits per heavy atom. The fourth-order valence-electron chi connectivity index (χ4n) is 2.03. The Morgan fingerprint density at radius 3 is 2.79 bits per heavy atom. The molecule has 19 heavy (non-hydrogen) atoms. The summed E-state index contributed by atoms with van der Waals surface area (Å²) < 4.78 is 0. The normalized spacial score (nSPS) is 18.8. The van der Waals surface area contributed by atoms with Gasteiger partial charge >= 0.3 is 0 Å². The van der Waals surface area contributed by atoms with Gasteiger partial charge in [-0.15, -0.1) is 0 Å². The molecule has 1 aromatic rings. The predicted molar refractivity (Wildman–Crippen MR) is 74.1 cm³/mol. The molecular weight excluding hydrogens is 287 g/mol. The number of rotatable bonds is 3. The summed E-state index contributed by atoms with van der Waals surface area (Å²) >= 11 is 11.8. The molecule has 1 aromatic carbocycles. The van der Waals surface area contributed by atoms with E-state index in [2.05, 4.69) is 5.32 Å². The summed E-state index contributed by atoms with van der Waals surface area (Å²) in [7, 11) is 1.70. The molecule has 2 amide bonds. The first-order chi connectivity index (χ1) is 8.97. The summed E-state index contributed by atoms with van der Waals surface area (Å²) in [6.07, 6.45) is 0.274. The van der Waals surface area contributed by atoms with Gasteiger partial charge in [0.05, 0.1) is 5.92 Å². The Bertz CT molecular complexity index is 519. The fraction of sp³-hybridized carbons (Fsp3) is 0.385. The first-order valence-electron chi connectivity index (χ1n) is 5.93. The van der Waals surface area contributed by atoms with E-state index in [0.29, 0.717) is 23.1 Å². The average Bonchev–Trinajstić information content (AvgIpc) is 2.68. The molecule has 1 aliphatic rings. The Labute approximate surface area is 121 Å². The lowest BCUT2D eigenvalue weighted by Crippen LogP contribution is -2.31. The highest BCUT2D eigenvalue weighted by Crippen LogP contribution is 2.21. The van der Waals surface area contributed by atoms with Crippen molar-refractivity contribution >= 4 is 35.0 Å². The Morgan fingerprint density at radius 1 is 1.47 bits per heavy atom. The van der Waals surface area contributed by atoms with Crippen molar-refractivity contribution in [2.75, 3.05) is 13.6 Å². The van der Waals surface area contributed by atoms with Crippen LogP contribution in [0.5, 0.6) is 0 Å². The molecule has 2 rings (SSSR count). The van der Waals surface area contributed by atoms with E-state index < -0.39 is 0 Å². The summed E-state index contributed by atoms with van der Waals surface area (Å²) in [6, 6.07) is 5.14. The van der Waals surface area contributed by atoms with E-state index in [0.717, 1.165) is 5.56 Å². The summed E-state index contributed by atoms with van der Waals surface area (Å²) in [5, 5.41) is 3.88. The van der Waals surface area contributed by atoms with Crippen molar-refractivity contribution in [1.82, 2.24) is 10.2 Å². The highest BCUT2D eigenvalue weighted by atomic mass is 35.5. The first-order valence-corrected chi connectivity index (χ1v) is 6.68. The minimum absolute atomic E-state index is 0.00433. The summed E-state index contributed by atoms with van der Waals surface area (Å²) in [4.78, 5) is 24.9. The van der Waals surface area contributed by atoms with Gasteiger partial charge in [0.2, 0.25) is 11.8 Å². The van der Waals surface area contributed by atoms with Crippen molar-refractivity contribution in [3.05, 3.63) is 33.8 Å². The van der Waals surface area contributed by atoms with Crippen LogP contribution in [0.2, 0.25) is 10.0 Å². The van der Waals surface area contributed by atoms with Gasteiger partial charge in [-0.2, -0.15) is 0 Å². The zero-order valence-corrected chi connectivity index (χ0v) is 12.0. The molecular formula is C13H14Cl2N2O2. The van der Waals surface area contributed by atoms with Gasteiger partial charge in [0.25, 0.3) is 0 Å². The Balaban J connectivity index is 1.92. The highest BCUT2D eigenvalue weighted by Gasteiger charge is 2.31. The lowest BCUT2D eigenvalue weighted by Gasteiger charge is -2.11. The van der Waals surface area contributed by atoms with Crippen molar-refractivity contribution in [3.8, 4) is 0 Å². The van der Waals surface area contributed by atoms with E-state index in [1.807, 2.05) is 0 Å². The largest absolute Gasteiger partial charge is 0.352 e. The number of benzene rings is 1. The second-order valence-electron chi connectivity index (χ2n) is 4.63. The van der Waals surface area contributed by atoms with Crippen molar-refractivity contribution in [3.63, 3.8) is 0 Å². The summed E-state index contributed by atoms with van der Waals surface area (Å²) in [6.45, 7) is 0.808. The van der Waals surface area contributed by atoms with Crippen LogP contribution in [0.25, 0.3) is 0 Å². The van der Waals surface area contributed by atoms with E-state index >= 15 is 0 Å². The zero-order chi connectivity index (χ0) is 14.0. The second kappa shape index (κ2) is 5.80. The van der Waals surface area contributed by atoms with E-state index in [1.165, 1.54) is 0 Å². The van der Waals surface area contributed by atoms with Crippen LogP contribution in [-0.4, -0.2) is 30.3 Å². The molecule has 0 aliphatic carbocycles. The SMILES string of the molecule is CN1CC(C(=O)NCc2ccc(Cl)cc2Cl)CC1=O. The van der Waals surface area contributed by atoms with Crippen LogP contribution in [0.1, 0.15) is 12.0 Å². The topological polar surface area (TPSA) is 49.4 Å². The van der Waals surface area contributed by atoms with Gasteiger partial charge in [0.1, 0.15) is 0 Å². The molecule has 1 saturated heterocycles. The molecule has 102 valence electrons. The third kappa shape index (κ3) is 3.39. The fourth-order valence-corrected chi connectivity index (χ4v) is 2.51. The molecule has 6 heteroatoms. The van der Waals surface area contributed by atoms with Gasteiger partial charge in [0.15, 0.2) is 0 Å². The average molecular weight is 301 g/mol. The molecule has 0 spiro atoms. The summed E-state index contributed by atoms with van der Waals surface area (Å²) in [5.41, 5.74) is 0.803. The Hall–Kier alpha value is -1.26. The number of nitrogens with one attached hydrogen (secondary N) is 1. The van der Waals surface area contributed by atoms with Gasteiger partial charge in [-0.05, 0) is 17.7 Å². The molecule has 1 heterocycles. The van der Waals surface area contributed by atoms with Crippen LogP contribution in [0, 0.1) is 5.92 Å². The first kappa shape index (κ1) is 14.2. The van der Waals surface area contributed by atoms with Crippen LogP contribution >= 0.6 is 23.2 Å². The second-order valence-corrected chi connectivity index (χ2v) is 5.47. The minimum atomic E-state index is -0.274. The molecule has 1 N–H and O–H groups in total. The molecule has 1 fully saturated rings. The molecule has 1 atom stereocenters. The third-order valence-electron chi connectivity index (χ3n) is 3.18. The maximum absolute atomic E-state index is 11.9. The van der Waals surface area contributed by atoms with E-state index in [1.54, 1.807) is 30.1 Å². The molecule has 0 aromatic heterocycles. The number of hydrogen-bond donors (Lipinski definition) is 1. The van der Waals surface area contributed by atoms with Crippen LogP contribution in [0.3, 0.4) is 0 Å². The standard InChI is InChI=1S/C13H14Cl2N2O2/c1-17-7-9(4-12(17)18)13(19)16-6-8-2-3-10(14)5-11(8)15/h2-3,5,9H,4,6-7H2,1H3,(H,16,19).